The van der Waals surface area contributed by atoms with Crippen molar-refractivity contribution in [2.75, 3.05) is 13.6 Å². The van der Waals surface area contributed by atoms with Crippen molar-refractivity contribution in [2.45, 2.75) is 32.1 Å². The average Bonchev–Trinajstić information content (AvgIpc) is 2.35. The Bertz CT molecular complexity index is 349. The fourth-order valence-corrected chi connectivity index (χ4v) is 3.24. The maximum Gasteiger partial charge on any atom is 0.0438 e. The van der Waals surface area contributed by atoms with Crippen LogP contribution in [-0.2, 0) is 6.42 Å². The topological polar surface area (TPSA) is 12.0 Å². The Balaban J connectivity index is 2.03. The van der Waals surface area contributed by atoms with Gasteiger partial charge >= 0.3 is 0 Å². The highest BCUT2D eigenvalue weighted by molar-refractivity contribution is 6.31. The van der Waals surface area contributed by atoms with Crippen LogP contribution in [0.3, 0.4) is 0 Å². The summed E-state index contributed by atoms with van der Waals surface area (Å²) in [6.45, 7) is 1.15. The van der Waals surface area contributed by atoms with Crippen molar-refractivity contribution in [1.82, 2.24) is 5.32 Å². The zero-order valence-corrected chi connectivity index (χ0v) is 11.3. The molecule has 94 valence electrons. The maximum atomic E-state index is 6.25. The molecule has 0 aliphatic heterocycles. The molecule has 1 fully saturated rings. The van der Waals surface area contributed by atoms with E-state index in [1.165, 1.54) is 31.2 Å². The molecule has 2 heteroatoms. The first-order chi connectivity index (χ1) is 8.31. The van der Waals surface area contributed by atoms with Gasteiger partial charge in [0, 0.05) is 5.02 Å². The van der Waals surface area contributed by atoms with Crippen LogP contribution in [0.5, 0.6) is 0 Å². The molecule has 1 saturated carbocycles. The van der Waals surface area contributed by atoms with Crippen molar-refractivity contribution in [3.05, 3.63) is 34.9 Å². The Labute approximate surface area is 110 Å². The Morgan fingerprint density at radius 2 is 1.88 bits per heavy atom. The Morgan fingerprint density at radius 3 is 2.59 bits per heavy atom. The third-order valence-electron chi connectivity index (χ3n) is 3.97. The Morgan fingerprint density at radius 1 is 1.18 bits per heavy atom. The van der Waals surface area contributed by atoms with Gasteiger partial charge in [0.15, 0.2) is 0 Å². The summed E-state index contributed by atoms with van der Waals surface area (Å²) in [6.07, 6.45) is 6.65. The fourth-order valence-electron chi connectivity index (χ4n) is 3.03. The molecule has 2 unspecified atom stereocenters. The van der Waals surface area contributed by atoms with Crippen LogP contribution < -0.4 is 5.32 Å². The Kier molecular flexibility index (Phi) is 4.87. The second kappa shape index (κ2) is 6.42. The van der Waals surface area contributed by atoms with E-state index in [1.807, 2.05) is 12.1 Å². The molecular formula is C15H22ClN. The summed E-state index contributed by atoms with van der Waals surface area (Å²) in [7, 11) is 2.06. The summed E-state index contributed by atoms with van der Waals surface area (Å²) in [6, 6.07) is 8.29. The van der Waals surface area contributed by atoms with Crippen molar-refractivity contribution in [3.63, 3.8) is 0 Å². The summed E-state index contributed by atoms with van der Waals surface area (Å²) in [5, 5.41) is 4.27. The number of halogens is 1. The van der Waals surface area contributed by atoms with Gasteiger partial charge in [-0.15, -0.1) is 0 Å². The molecule has 1 aliphatic rings. The zero-order chi connectivity index (χ0) is 12.1. The molecule has 0 saturated heterocycles. The molecule has 0 spiro atoms. The van der Waals surface area contributed by atoms with E-state index in [4.69, 9.17) is 11.6 Å². The molecule has 17 heavy (non-hydrogen) atoms. The number of benzene rings is 1. The first-order valence-electron chi connectivity index (χ1n) is 6.69. The van der Waals surface area contributed by atoms with Crippen LogP contribution in [0.2, 0.25) is 5.02 Å². The van der Waals surface area contributed by atoms with Crippen LogP contribution in [0, 0.1) is 11.8 Å². The van der Waals surface area contributed by atoms with Gasteiger partial charge in [0.2, 0.25) is 0 Å². The van der Waals surface area contributed by atoms with Gasteiger partial charge < -0.3 is 5.32 Å². The highest BCUT2D eigenvalue weighted by Gasteiger charge is 2.24. The lowest BCUT2D eigenvalue weighted by Crippen LogP contribution is -2.30. The molecule has 2 rings (SSSR count). The normalized spacial score (nSPS) is 24.8. The third kappa shape index (κ3) is 3.46. The van der Waals surface area contributed by atoms with Crippen LogP contribution in [0.1, 0.15) is 31.2 Å². The van der Waals surface area contributed by atoms with Gasteiger partial charge in [0.05, 0.1) is 0 Å². The van der Waals surface area contributed by atoms with E-state index in [-0.39, 0.29) is 0 Å². The van der Waals surface area contributed by atoms with E-state index < -0.39 is 0 Å². The molecule has 0 amide bonds. The van der Waals surface area contributed by atoms with Gasteiger partial charge in [-0.1, -0.05) is 42.6 Å². The number of hydrogen-bond acceptors (Lipinski definition) is 1. The van der Waals surface area contributed by atoms with Gasteiger partial charge in [-0.2, -0.15) is 0 Å². The number of hydrogen-bond donors (Lipinski definition) is 1. The molecule has 1 N–H and O–H groups in total. The second-order valence-electron chi connectivity index (χ2n) is 5.16. The summed E-state index contributed by atoms with van der Waals surface area (Å²) in [4.78, 5) is 0. The van der Waals surface area contributed by atoms with E-state index in [9.17, 15) is 0 Å². The van der Waals surface area contributed by atoms with E-state index in [1.54, 1.807) is 0 Å². The molecule has 0 radical (unpaired) electrons. The minimum atomic E-state index is 0.802. The third-order valence-corrected chi connectivity index (χ3v) is 4.34. The molecular weight excluding hydrogens is 230 g/mol. The van der Waals surface area contributed by atoms with Crippen LogP contribution in [0.15, 0.2) is 24.3 Å². The SMILES string of the molecule is CNCC1CCCCC1Cc1ccccc1Cl. The van der Waals surface area contributed by atoms with Crippen molar-refractivity contribution in [3.8, 4) is 0 Å². The van der Waals surface area contributed by atoms with Crippen LogP contribution >= 0.6 is 11.6 Å². The zero-order valence-electron chi connectivity index (χ0n) is 10.6. The smallest absolute Gasteiger partial charge is 0.0438 e. The van der Waals surface area contributed by atoms with Crippen LogP contribution in [0.25, 0.3) is 0 Å². The van der Waals surface area contributed by atoms with Crippen molar-refractivity contribution in [1.29, 1.82) is 0 Å². The largest absolute Gasteiger partial charge is 0.319 e. The summed E-state index contributed by atoms with van der Waals surface area (Å²) < 4.78 is 0. The van der Waals surface area contributed by atoms with Crippen molar-refractivity contribution < 1.29 is 0 Å². The summed E-state index contributed by atoms with van der Waals surface area (Å²) in [5.41, 5.74) is 1.32. The number of rotatable bonds is 4. The molecule has 1 aromatic carbocycles. The van der Waals surface area contributed by atoms with Crippen LogP contribution in [-0.4, -0.2) is 13.6 Å². The lowest BCUT2D eigenvalue weighted by Gasteiger charge is -2.31. The Hall–Kier alpha value is -0.530. The van der Waals surface area contributed by atoms with Crippen molar-refractivity contribution in [2.24, 2.45) is 11.8 Å². The van der Waals surface area contributed by atoms with E-state index in [0.29, 0.717) is 0 Å². The van der Waals surface area contributed by atoms with Gasteiger partial charge in [0.1, 0.15) is 0 Å². The predicted molar refractivity (Wildman–Crippen MR) is 74.5 cm³/mol. The lowest BCUT2D eigenvalue weighted by atomic mass is 9.76. The maximum absolute atomic E-state index is 6.25. The molecule has 1 nitrogen and oxygen atoms in total. The quantitative estimate of drug-likeness (QED) is 0.856. The first-order valence-corrected chi connectivity index (χ1v) is 7.07. The average molecular weight is 252 g/mol. The first kappa shape index (κ1) is 12.9. The molecule has 0 bridgehead atoms. The number of nitrogens with one attached hydrogen (secondary N) is 1. The molecule has 2 atom stereocenters. The molecule has 1 aromatic rings. The predicted octanol–water partition coefficient (Wildman–Crippen LogP) is 3.91. The molecule has 0 aromatic heterocycles. The van der Waals surface area contributed by atoms with Crippen LogP contribution in [0.4, 0.5) is 0 Å². The molecule has 1 aliphatic carbocycles. The van der Waals surface area contributed by atoms with Crippen molar-refractivity contribution >= 4 is 11.6 Å². The second-order valence-corrected chi connectivity index (χ2v) is 5.57. The van der Waals surface area contributed by atoms with E-state index >= 15 is 0 Å². The van der Waals surface area contributed by atoms with Gasteiger partial charge in [-0.05, 0) is 56.3 Å². The minimum absolute atomic E-state index is 0.802. The molecule has 0 heterocycles. The van der Waals surface area contributed by atoms with Gasteiger partial charge in [-0.25, -0.2) is 0 Å². The highest BCUT2D eigenvalue weighted by Crippen LogP contribution is 2.33. The fraction of sp³-hybridized carbons (Fsp3) is 0.600. The summed E-state index contributed by atoms with van der Waals surface area (Å²) in [5.74, 6) is 1.63. The van der Waals surface area contributed by atoms with Gasteiger partial charge in [0.25, 0.3) is 0 Å². The van der Waals surface area contributed by atoms with E-state index in [0.717, 1.165) is 29.8 Å². The standard InChI is InChI=1S/C15H22ClN/c1-17-11-14-8-3-2-6-12(14)10-13-7-4-5-9-15(13)16/h4-5,7,9,12,14,17H,2-3,6,8,10-11H2,1H3. The summed E-state index contributed by atoms with van der Waals surface area (Å²) >= 11 is 6.25. The monoisotopic (exact) mass is 251 g/mol. The highest BCUT2D eigenvalue weighted by atomic mass is 35.5. The minimum Gasteiger partial charge on any atom is -0.319 e. The van der Waals surface area contributed by atoms with Gasteiger partial charge in [-0.3, -0.25) is 0 Å². The lowest BCUT2D eigenvalue weighted by molar-refractivity contribution is 0.232. The van der Waals surface area contributed by atoms with E-state index in [2.05, 4.69) is 24.5 Å².